The van der Waals surface area contributed by atoms with E-state index in [2.05, 4.69) is 5.32 Å². The van der Waals surface area contributed by atoms with E-state index in [0.717, 1.165) is 18.2 Å². The molecule has 0 aliphatic rings. The molecule has 2 aromatic rings. The van der Waals surface area contributed by atoms with Gasteiger partial charge in [0.05, 0.1) is 5.69 Å². The predicted octanol–water partition coefficient (Wildman–Crippen LogP) is 2.86. The predicted molar refractivity (Wildman–Crippen MR) is 77.9 cm³/mol. The third-order valence-electron chi connectivity index (χ3n) is 2.71. The molecule has 0 aliphatic carbocycles. The molecule has 23 heavy (non-hydrogen) atoms. The maximum absolute atomic E-state index is 13.7. The van der Waals surface area contributed by atoms with E-state index in [0.29, 0.717) is 12.1 Å². The highest BCUT2D eigenvalue weighted by Gasteiger charge is 2.21. The van der Waals surface area contributed by atoms with Gasteiger partial charge in [-0.05, 0) is 36.4 Å². The molecule has 2 N–H and O–H groups in total. The lowest BCUT2D eigenvalue weighted by atomic mass is 10.2. The molecule has 0 heterocycles. The van der Waals surface area contributed by atoms with E-state index in [1.807, 2.05) is 4.72 Å². The molecule has 1 amide bonds. The first-order valence-corrected chi connectivity index (χ1v) is 7.72. The fraction of sp³-hybridized carbons (Fsp3) is 0.0714. The number of amides is 1. The summed E-state index contributed by atoms with van der Waals surface area (Å²) in [4.78, 5) is 10.0. The van der Waals surface area contributed by atoms with Gasteiger partial charge in [-0.15, -0.1) is 0 Å². The average Bonchev–Trinajstić information content (AvgIpc) is 2.44. The molecule has 0 spiro atoms. The van der Waals surface area contributed by atoms with Gasteiger partial charge in [0.15, 0.2) is 0 Å². The lowest BCUT2D eigenvalue weighted by Gasteiger charge is -2.11. The summed E-state index contributed by atoms with van der Waals surface area (Å²) in [5.41, 5.74) is -0.378. The van der Waals surface area contributed by atoms with Gasteiger partial charge in [0.2, 0.25) is 5.91 Å². The van der Waals surface area contributed by atoms with Crippen molar-refractivity contribution in [2.24, 2.45) is 0 Å². The summed E-state index contributed by atoms with van der Waals surface area (Å²) >= 11 is 0. The minimum Gasteiger partial charge on any atom is -0.326 e. The lowest BCUT2D eigenvalue weighted by Crippen LogP contribution is -2.16. The van der Waals surface area contributed by atoms with Crippen molar-refractivity contribution in [1.29, 1.82) is 0 Å². The highest BCUT2D eigenvalue weighted by atomic mass is 32.2. The average molecular weight is 344 g/mol. The summed E-state index contributed by atoms with van der Waals surface area (Å²) < 4.78 is 66.4. The molecule has 122 valence electrons. The Hall–Kier alpha value is -2.55. The number of rotatable bonds is 4. The molecule has 0 fully saturated rings. The quantitative estimate of drug-likeness (QED) is 0.895. The molecule has 2 rings (SSSR count). The van der Waals surface area contributed by atoms with E-state index < -0.39 is 44.0 Å². The molecule has 0 aliphatic heterocycles. The minimum absolute atomic E-state index is 0.135. The molecule has 0 saturated carbocycles. The normalized spacial score (nSPS) is 11.1. The Bertz CT molecular complexity index is 870. The van der Waals surface area contributed by atoms with Gasteiger partial charge in [0.25, 0.3) is 10.0 Å². The van der Waals surface area contributed by atoms with E-state index in [1.165, 1.54) is 13.0 Å². The second kappa shape index (κ2) is 6.29. The molecule has 0 bridgehead atoms. The molecule has 0 radical (unpaired) electrons. The maximum Gasteiger partial charge on any atom is 0.265 e. The largest absolute Gasteiger partial charge is 0.326 e. The van der Waals surface area contributed by atoms with Crippen LogP contribution in [0.25, 0.3) is 0 Å². The van der Waals surface area contributed by atoms with E-state index >= 15 is 0 Å². The van der Waals surface area contributed by atoms with Gasteiger partial charge < -0.3 is 5.32 Å². The third kappa shape index (κ3) is 4.01. The van der Waals surface area contributed by atoms with Gasteiger partial charge in [-0.2, -0.15) is 0 Å². The monoisotopic (exact) mass is 344 g/mol. The number of hydrogen-bond acceptors (Lipinski definition) is 3. The summed E-state index contributed by atoms with van der Waals surface area (Å²) in [6.07, 6.45) is 0. The number of carbonyl (C=O) groups is 1. The minimum atomic E-state index is -4.55. The molecule has 0 saturated heterocycles. The van der Waals surface area contributed by atoms with Gasteiger partial charge in [-0.25, -0.2) is 21.6 Å². The fourth-order valence-electron chi connectivity index (χ4n) is 1.77. The van der Waals surface area contributed by atoms with E-state index in [1.54, 1.807) is 0 Å². The fourth-order valence-corrected chi connectivity index (χ4v) is 2.92. The Balaban J connectivity index is 2.40. The summed E-state index contributed by atoms with van der Waals surface area (Å²) in [6, 6.07) is 5.04. The van der Waals surface area contributed by atoms with Crippen LogP contribution in [0.3, 0.4) is 0 Å². The van der Waals surface area contributed by atoms with Crippen molar-refractivity contribution in [2.45, 2.75) is 11.8 Å². The first kappa shape index (κ1) is 16.8. The van der Waals surface area contributed by atoms with Crippen LogP contribution in [0.15, 0.2) is 41.3 Å². The number of halogens is 3. The van der Waals surface area contributed by atoms with Crippen molar-refractivity contribution in [2.75, 3.05) is 10.0 Å². The summed E-state index contributed by atoms with van der Waals surface area (Å²) in [6.45, 7) is 1.22. The number of benzene rings is 2. The summed E-state index contributed by atoms with van der Waals surface area (Å²) in [7, 11) is -4.55. The van der Waals surface area contributed by atoms with E-state index in [-0.39, 0.29) is 5.69 Å². The lowest BCUT2D eigenvalue weighted by molar-refractivity contribution is -0.114. The highest BCUT2D eigenvalue weighted by molar-refractivity contribution is 7.92. The molecule has 9 heteroatoms. The van der Waals surface area contributed by atoms with Crippen LogP contribution in [0.2, 0.25) is 0 Å². The van der Waals surface area contributed by atoms with Crippen molar-refractivity contribution in [3.8, 4) is 0 Å². The number of nitrogens with one attached hydrogen (secondary N) is 2. The van der Waals surface area contributed by atoms with Gasteiger partial charge in [-0.3, -0.25) is 9.52 Å². The second-order valence-corrected chi connectivity index (χ2v) is 6.21. The number of anilines is 2. The first-order valence-electron chi connectivity index (χ1n) is 6.24. The standard InChI is InChI=1S/C14H11F3N2O3S/c1-8(20)18-10-3-5-11(16)13(7-10)19-23(21,22)14-6-9(15)2-4-12(14)17/h2-7,19H,1H3,(H,18,20). The number of sulfonamides is 1. The Morgan fingerprint density at radius 1 is 1.00 bits per heavy atom. The van der Waals surface area contributed by atoms with Crippen molar-refractivity contribution < 1.29 is 26.4 Å². The molecular weight excluding hydrogens is 333 g/mol. The van der Waals surface area contributed by atoms with Crippen molar-refractivity contribution in [3.05, 3.63) is 53.8 Å². The topological polar surface area (TPSA) is 75.3 Å². The summed E-state index contributed by atoms with van der Waals surface area (Å²) in [5, 5.41) is 2.34. The molecule has 2 aromatic carbocycles. The van der Waals surface area contributed by atoms with Crippen LogP contribution in [-0.4, -0.2) is 14.3 Å². The van der Waals surface area contributed by atoms with Crippen LogP contribution < -0.4 is 10.0 Å². The van der Waals surface area contributed by atoms with Gasteiger partial charge in [0.1, 0.15) is 22.3 Å². The molecular formula is C14H11F3N2O3S. The molecule has 0 atom stereocenters. The molecule has 0 aromatic heterocycles. The van der Waals surface area contributed by atoms with Crippen molar-refractivity contribution >= 4 is 27.3 Å². The SMILES string of the molecule is CC(=O)Nc1ccc(F)c(NS(=O)(=O)c2cc(F)ccc2F)c1. The van der Waals surface area contributed by atoms with E-state index in [4.69, 9.17) is 0 Å². The van der Waals surface area contributed by atoms with Crippen molar-refractivity contribution in [3.63, 3.8) is 0 Å². The number of hydrogen-bond donors (Lipinski definition) is 2. The zero-order valence-corrected chi connectivity index (χ0v) is 12.5. The highest BCUT2D eigenvalue weighted by Crippen LogP contribution is 2.24. The van der Waals surface area contributed by atoms with Crippen LogP contribution in [0.5, 0.6) is 0 Å². The smallest absolute Gasteiger partial charge is 0.265 e. The Morgan fingerprint density at radius 2 is 1.65 bits per heavy atom. The van der Waals surface area contributed by atoms with Gasteiger partial charge in [-0.1, -0.05) is 0 Å². The van der Waals surface area contributed by atoms with Gasteiger partial charge >= 0.3 is 0 Å². The number of carbonyl (C=O) groups excluding carboxylic acids is 1. The molecule has 5 nitrogen and oxygen atoms in total. The van der Waals surface area contributed by atoms with E-state index in [9.17, 15) is 26.4 Å². The van der Waals surface area contributed by atoms with Crippen LogP contribution in [0.1, 0.15) is 6.92 Å². The maximum atomic E-state index is 13.7. The Morgan fingerprint density at radius 3 is 2.30 bits per heavy atom. The molecule has 0 unspecified atom stereocenters. The Labute approximate surface area is 130 Å². The van der Waals surface area contributed by atoms with Crippen LogP contribution in [0.4, 0.5) is 24.5 Å². The van der Waals surface area contributed by atoms with Crippen LogP contribution in [0, 0.1) is 17.5 Å². The van der Waals surface area contributed by atoms with Crippen molar-refractivity contribution in [1.82, 2.24) is 0 Å². The Kier molecular flexibility index (Phi) is 4.60. The zero-order valence-electron chi connectivity index (χ0n) is 11.7. The van der Waals surface area contributed by atoms with Crippen LogP contribution in [-0.2, 0) is 14.8 Å². The second-order valence-electron chi connectivity index (χ2n) is 4.56. The zero-order chi connectivity index (χ0) is 17.2. The van der Waals surface area contributed by atoms with Gasteiger partial charge in [0, 0.05) is 12.6 Å². The van der Waals surface area contributed by atoms with Crippen LogP contribution >= 0.6 is 0 Å². The first-order chi connectivity index (χ1) is 10.7. The summed E-state index contributed by atoms with van der Waals surface area (Å²) in [5.74, 6) is -3.53. The third-order valence-corrected chi connectivity index (χ3v) is 4.09.